The van der Waals surface area contributed by atoms with Crippen molar-refractivity contribution in [2.75, 3.05) is 20.7 Å². The number of nitrogens with one attached hydrogen (secondary N) is 2. The van der Waals surface area contributed by atoms with E-state index in [1.807, 2.05) is 81.2 Å². The Morgan fingerprint density at radius 2 is 1.66 bits per heavy atom. The Kier molecular flexibility index (Phi) is 12.0. The quantitative estimate of drug-likeness (QED) is 0.257. The molecule has 0 fully saturated rings. The second-order valence-electron chi connectivity index (χ2n) is 7.64. The SMILES string of the molecule is CCNC(=NCc1ccccc1CS(=O)(=O)NC(C)C)N(C)Cc1ccccc1OC.I. The maximum absolute atomic E-state index is 12.4. The molecule has 0 aliphatic rings. The minimum atomic E-state index is -3.41. The zero-order chi connectivity index (χ0) is 22.9. The lowest BCUT2D eigenvalue weighted by Gasteiger charge is -2.23. The zero-order valence-corrected chi connectivity index (χ0v) is 22.6. The van der Waals surface area contributed by atoms with Crippen LogP contribution in [0.2, 0.25) is 0 Å². The van der Waals surface area contributed by atoms with Gasteiger partial charge in [0.25, 0.3) is 0 Å². The predicted octanol–water partition coefficient (Wildman–Crippen LogP) is 3.74. The summed E-state index contributed by atoms with van der Waals surface area (Å²) < 4.78 is 32.9. The van der Waals surface area contributed by atoms with Crippen LogP contribution in [0.15, 0.2) is 53.5 Å². The fourth-order valence-corrected chi connectivity index (χ4v) is 4.74. The Labute approximate surface area is 209 Å². The van der Waals surface area contributed by atoms with Gasteiger partial charge < -0.3 is 15.0 Å². The van der Waals surface area contributed by atoms with Crippen LogP contribution >= 0.6 is 24.0 Å². The second-order valence-corrected chi connectivity index (χ2v) is 9.39. The number of sulfonamides is 1. The molecule has 2 aromatic rings. The fourth-order valence-electron chi connectivity index (χ4n) is 3.25. The van der Waals surface area contributed by atoms with E-state index in [0.717, 1.165) is 34.9 Å². The van der Waals surface area contributed by atoms with Gasteiger partial charge in [-0.15, -0.1) is 24.0 Å². The third-order valence-corrected chi connectivity index (χ3v) is 6.10. The van der Waals surface area contributed by atoms with Crippen LogP contribution in [-0.2, 0) is 28.9 Å². The largest absolute Gasteiger partial charge is 0.496 e. The number of aliphatic imine (C=N–C) groups is 1. The number of hydrogen-bond acceptors (Lipinski definition) is 4. The Morgan fingerprint density at radius 3 is 2.25 bits per heavy atom. The van der Waals surface area contributed by atoms with Crippen LogP contribution in [-0.4, -0.2) is 46.0 Å². The average Bonchev–Trinajstić information content (AvgIpc) is 2.71. The summed E-state index contributed by atoms with van der Waals surface area (Å²) >= 11 is 0. The van der Waals surface area contributed by atoms with Crippen molar-refractivity contribution in [2.24, 2.45) is 4.99 Å². The van der Waals surface area contributed by atoms with Gasteiger partial charge in [-0.3, -0.25) is 0 Å². The molecule has 0 radical (unpaired) electrons. The van der Waals surface area contributed by atoms with E-state index >= 15 is 0 Å². The Balaban J connectivity index is 0.00000512. The fraction of sp³-hybridized carbons (Fsp3) is 0.435. The van der Waals surface area contributed by atoms with Crippen molar-refractivity contribution in [3.05, 3.63) is 65.2 Å². The summed E-state index contributed by atoms with van der Waals surface area (Å²) in [7, 11) is 0.225. The van der Waals surface area contributed by atoms with Crippen molar-refractivity contribution in [1.82, 2.24) is 14.9 Å². The molecular weight excluding hydrogens is 539 g/mol. The summed E-state index contributed by atoms with van der Waals surface area (Å²) in [6, 6.07) is 15.3. The van der Waals surface area contributed by atoms with Crippen molar-refractivity contribution in [2.45, 2.75) is 45.7 Å². The summed E-state index contributed by atoms with van der Waals surface area (Å²) in [5.74, 6) is 1.51. The number of methoxy groups -OCH3 is 1. The highest BCUT2D eigenvalue weighted by atomic mass is 127. The highest BCUT2D eigenvalue weighted by Crippen LogP contribution is 2.19. The van der Waals surface area contributed by atoms with Gasteiger partial charge >= 0.3 is 0 Å². The number of rotatable bonds is 10. The molecule has 0 aliphatic carbocycles. The molecule has 9 heteroatoms. The lowest BCUT2D eigenvalue weighted by atomic mass is 10.1. The van der Waals surface area contributed by atoms with Gasteiger partial charge in [-0.1, -0.05) is 42.5 Å². The van der Waals surface area contributed by atoms with E-state index in [9.17, 15) is 8.42 Å². The predicted molar refractivity (Wildman–Crippen MR) is 142 cm³/mol. The summed E-state index contributed by atoms with van der Waals surface area (Å²) in [5.41, 5.74) is 2.70. The first-order valence-electron chi connectivity index (χ1n) is 10.4. The summed E-state index contributed by atoms with van der Waals surface area (Å²) in [6.07, 6.45) is 0. The molecule has 0 bridgehead atoms. The van der Waals surface area contributed by atoms with E-state index in [2.05, 4.69) is 10.0 Å². The highest BCUT2D eigenvalue weighted by Gasteiger charge is 2.16. The molecule has 2 rings (SSSR count). The number of ether oxygens (including phenoxy) is 1. The minimum Gasteiger partial charge on any atom is -0.496 e. The first-order valence-corrected chi connectivity index (χ1v) is 12.1. The molecule has 0 unspecified atom stereocenters. The van der Waals surface area contributed by atoms with Gasteiger partial charge in [0.15, 0.2) is 5.96 Å². The number of para-hydroxylation sites is 1. The van der Waals surface area contributed by atoms with Gasteiger partial charge in [-0.05, 0) is 38.0 Å². The van der Waals surface area contributed by atoms with Crippen LogP contribution in [0.1, 0.15) is 37.5 Å². The zero-order valence-electron chi connectivity index (χ0n) is 19.5. The van der Waals surface area contributed by atoms with E-state index < -0.39 is 10.0 Å². The van der Waals surface area contributed by atoms with Crippen LogP contribution in [0, 0.1) is 0 Å². The molecule has 32 heavy (non-hydrogen) atoms. The van der Waals surface area contributed by atoms with Crippen LogP contribution in [0.4, 0.5) is 0 Å². The Bertz CT molecular complexity index is 981. The van der Waals surface area contributed by atoms with Gasteiger partial charge in [-0.25, -0.2) is 18.1 Å². The number of benzene rings is 2. The second kappa shape index (κ2) is 13.6. The average molecular weight is 575 g/mol. The topological polar surface area (TPSA) is 83.0 Å². The van der Waals surface area contributed by atoms with Crippen LogP contribution in [0.3, 0.4) is 0 Å². The summed E-state index contributed by atoms with van der Waals surface area (Å²) in [4.78, 5) is 6.79. The van der Waals surface area contributed by atoms with Crippen molar-refractivity contribution < 1.29 is 13.2 Å². The molecule has 7 nitrogen and oxygen atoms in total. The Hall–Kier alpha value is -1.85. The van der Waals surface area contributed by atoms with Gasteiger partial charge in [0.05, 0.1) is 19.4 Å². The molecule has 2 N–H and O–H groups in total. The number of halogens is 1. The number of hydrogen-bond donors (Lipinski definition) is 2. The van der Waals surface area contributed by atoms with E-state index in [0.29, 0.717) is 13.1 Å². The van der Waals surface area contributed by atoms with Gasteiger partial charge in [0.1, 0.15) is 5.75 Å². The number of guanidine groups is 1. The first-order chi connectivity index (χ1) is 14.8. The molecule has 0 atom stereocenters. The third-order valence-electron chi connectivity index (χ3n) is 4.57. The molecule has 2 aromatic carbocycles. The minimum absolute atomic E-state index is 0. The summed E-state index contributed by atoms with van der Waals surface area (Å²) in [6.45, 7) is 7.38. The molecule has 0 spiro atoms. The van der Waals surface area contributed by atoms with E-state index in [4.69, 9.17) is 9.73 Å². The maximum atomic E-state index is 12.4. The van der Waals surface area contributed by atoms with Gasteiger partial charge in [0, 0.05) is 31.7 Å². The lowest BCUT2D eigenvalue weighted by Crippen LogP contribution is -2.38. The molecule has 0 aromatic heterocycles. The van der Waals surface area contributed by atoms with E-state index in [1.165, 1.54) is 0 Å². The van der Waals surface area contributed by atoms with Crippen molar-refractivity contribution >= 4 is 40.0 Å². The van der Waals surface area contributed by atoms with Crippen LogP contribution in [0.5, 0.6) is 5.75 Å². The lowest BCUT2D eigenvalue weighted by molar-refractivity contribution is 0.396. The maximum Gasteiger partial charge on any atom is 0.216 e. The highest BCUT2D eigenvalue weighted by molar-refractivity contribution is 14.0. The molecule has 0 amide bonds. The third kappa shape index (κ3) is 8.95. The smallest absolute Gasteiger partial charge is 0.216 e. The normalized spacial score (nSPS) is 11.8. The summed E-state index contributed by atoms with van der Waals surface area (Å²) in [5, 5.41) is 3.31. The van der Waals surface area contributed by atoms with Gasteiger partial charge in [-0.2, -0.15) is 0 Å². The van der Waals surface area contributed by atoms with Crippen molar-refractivity contribution in [3.63, 3.8) is 0 Å². The molecule has 178 valence electrons. The van der Waals surface area contributed by atoms with Crippen molar-refractivity contribution in [3.8, 4) is 5.75 Å². The molecule has 0 saturated heterocycles. The molecular formula is C23H35IN4O3S. The van der Waals surface area contributed by atoms with Crippen molar-refractivity contribution in [1.29, 1.82) is 0 Å². The number of nitrogens with zero attached hydrogens (tertiary/aromatic N) is 2. The Morgan fingerprint density at radius 1 is 1.06 bits per heavy atom. The standard InChI is InChI=1S/C23H34N4O3S.HI/c1-6-24-23(27(4)16-20-12-9-10-14-22(20)30-5)25-15-19-11-7-8-13-21(19)17-31(28,29)26-18(2)3;/h7-14,18,26H,6,15-17H2,1-5H3,(H,24,25);1H. The monoisotopic (exact) mass is 574 g/mol. The molecule has 0 saturated carbocycles. The van der Waals surface area contributed by atoms with Crippen LogP contribution in [0.25, 0.3) is 0 Å². The molecule has 0 heterocycles. The van der Waals surface area contributed by atoms with E-state index in [1.54, 1.807) is 7.11 Å². The molecule has 0 aliphatic heterocycles. The van der Waals surface area contributed by atoms with Gasteiger partial charge in [0.2, 0.25) is 10.0 Å². The van der Waals surface area contributed by atoms with Crippen LogP contribution < -0.4 is 14.8 Å². The van der Waals surface area contributed by atoms with E-state index in [-0.39, 0.29) is 35.8 Å². The first kappa shape index (κ1) is 28.2.